The summed E-state index contributed by atoms with van der Waals surface area (Å²) in [4.78, 5) is 32.4. The van der Waals surface area contributed by atoms with Crippen LogP contribution >= 0.6 is 11.6 Å². The zero-order chi connectivity index (χ0) is 18.8. The number of fused-ring (bicyclic) bond motifs is 1. The highest BCUT2D eigenvalue weighted by Crippen LogP contribution is 2.23. The first-order valence-electron chi connectivity index (χ1n) is 8.98. The van der Waals surface area contributed by atoms with Gasteiger partial charge in [0.05, 0.1) is 5.56 Å². The molecule has 2 heterocycles. The third-order valence-corrected chi connectivity index (χ3v) is 5.23. The van der Waals surface area contributed by atoms with E-state index in [0.717, 1.165) is 30.5 Å². The topological polar surface area (TPSA) is 56.4 Å². The number of rotatable bonds is 4. The number of aromatic nitrogens is 1. The number of aromatic amines is 1. The smallest absolute Gasteiger partial charge is 0.295 e. The van der Waals surface area contributed by atoms with E-state index in [1.54, 1.807) is 29.3 Å². The molecule has 4 rings (SSSR count). The summed E-state index contributed by atoms with van der Waals surface area (Å²) in [6, 6.07) is 15.5. The first-order chi connectivity index (χ1) is 13.1. The Labute approximate surface area is 162 Å². The van der Waals surface area contributed by atoms with Crippen LogP contribution in [0.2, 0.25) is 5.02 Å². The molecule has 1 saturated heterocycles. The van der Waals surface area contributed by atoms with Crippen molar-refractivity contribution in [2.45, 2.75) is 6.54 Å². The van der Waals surface area contributed by atoms with Crippen LogP contribution in [-0.2, 0) is 11.3 Å². The average molecular weight is 382 g/mol. The van der Waals surface area contributed by atoms with Crippen LogP contribution in [0.4, 0.5) is 0 Å². The van der Waals surface area contributed by atoms with E-state index >= 15 is 0 Å². The lowest BCUT2D eigenvalue weighted by Crippen LogP contribution is -2.50. The van der Waals surface area contributed by atoms with Crippen LogP contribution < -0.4 is 0 Å². The van der Waals surface area contributed by atoms with Gasteiger partial charge in [-0.1, -0.05) is 48.0 Å². The Balaban J connectivity index is 1.40. The summed E-state index contributed by atoms with van der Waals surface area (Å²) in [6.45, 7) is 3.51. The number of amides is 1. The van der Waals surface area contributed by atoms with Gasteiger partial charge < -0.3 is 9.88 Å². The van der Waals surface area contributed by atoms with Crippen LogP contribution in [0.15, 0.2) is 54.7 Å². The molecule has 0 unspecified atom stereocenters. The Kier molecular flexibility index (Phi) is 4.97. The molecule has 0 bridgehead atoms. The number of piperazine rings is 1. The van der Waals surface area contributed by atoms with Gasteiger partial charge in [-0.3, -0.25) is 14.5 Å². The van der Waals surface area contributed by atoms with E-state index in [-0.39, 0.29) is 0 Å². The predicted octanol–water partition coefficient (Wildman–Crippen LogP) is 3.35. The third kappa shape index (κ3) is 3.75. The van der Waals surface area contributed by atoms with Gasteiger partial charge in [0.15, 0.2) is 0 Å². The van der Waals surface area contributed by atoms with Gasteiger partial charge in [0.1, 0.15) is 0 Å². The molecule has 1 aliphatic rings. The van der Waals surface area contributed by atoms with Crippen LogP contribution in [0.3, 0.4) is 0 Å². The van der Waals surface area contributed by atoms with E-state index in [1.807, 2.05) is 18.2 Å². The van der Waals surface area contributed by atoms with Crippen LogP contribution in [0.25, 0.3) is 10.9 Å². The van der Waals surface area contributed by atoms with Crippen molar-refractivity contribution < 1.29 is 9.59 Å². The highest BCUT2D eigenvalue weighted by Gasteiger charge is 2.28. The van der Waals surface area contributed by atoms with Gasteiger partial charge in [-0.05, 0) is 17.7 Å². The molecule has 0 spiro atoms. The first kappa shape index (κ1) is 17.8. The van der Waals surface area contributed by atoms with E-state index in [4.69, 9.17) is 11.6 Å². The number of halogens is 1. The van der Waals surface area contributed by atoms with Gasteiger partial charge >= 0.3 is 0 Å². The van der Waals surface area contributed by atoms with Gasteiger partial charge in [0.25, 0.3) is 11.7 Å². The molecule has 0 atom stereocenters. The molecule has 2 aromatic carbocycles. The molecule has 3 aromatic rings. The van der Waals surface area contributed by atoms with Crippen LogP contribution in [0, 0.1) is 0 Å². The summed E-state index contributed by atoms with van der Waals surface area (Å²) in [5.41, 5.74) is 2.41. The predicted molar refractivity (Wildman–Crippen MR) is 106 cm³/mol. The summed E-state index contributed by atoms with van der Waals surface area (Å²) in [5.74, 6) is -0.912. The second-order valence-corrected chi connectivity index (χ2v) is 7.21. The van der Waals surface area contributed by atoms with Gasteiger partial charge in [0.2, 0.25) is 0 Å². The summed E-state index contributed by atoms with van der Waals surface area (Å²) >= 11 is 5.98. The zero-order valence-corrected chi connectivity index (χ0v) is 15.6. The van der Waals surface area contributed by atoms with E-state index < -0.39 is 11.7 Å². The highest BCUT2D eigenvalue weighted by molar-refractivity contribution is 6.45. The molecule has 1 aliphatic heterocycles. The lowest BCUT2D eigenvalue weighted by Gasteiger charge is -2.34. The van der Waals surface area contributed by atoms with Gasteiger partial charge in [-0.15, -0.1) is 0 Å². The van der Waals surface area contributed by atoms with E-state index in [9.17, 15) is 9.59 Å². The monoisotopic (exact) mass is 381 g/mol. The number of nitrogens with zero attached hydrogens (tertiary/aromatic N) is 2. The highest BCUT2D eigenvalue weighted by atomic mass is 35.5. The molecule has 1 fully saturated rings. The normalized spacial score (nSPS) is 15.2. The molecule has 6 heteroatoms. The van der Waals surface area contributed by atoms with Crippen molar-refractivity contribution in [3.63, 3.8) is 0 Å². The number of ketones is 1. The standard InChI is InChI=1S/C21H20ClN3O2/c22-16-6-7-17-18(13-23-19(17)12-16)20(26)21(27)25-10-8-24(9-11-25)14-15-4-2-1-3-5-15/h1-7,12-13,23H,8-11,14H2. The number of carbonyl (C=O) groups excluding carboxylic acids is 2. The fraction of sp³-hybridized carbons (Fsp3) is 0.238. The lowest BCUT2D eigenvalue weighted by atomic mass is 10.1. The maximum atomic E-state index is 12.7. The Morgan fingerprint density at radius 1 is 1.00 bits per heavy atom. The van der Waals surface area contributed by atoms with E-state index in [1.165, 1.54) is 5.56 Å². The molecule has 0 saturated carbocycles. The van der Waals surface area contributed by atoms with Crippen molar-refractivity contribution >= 4 is 34.2 Å². The quantitative estimate of drug-likeness (QED) is 0.557. The molecule has 5 nitrogen and oxygen atoms in total. The van der Waals surface area contributed by atoms with Gasteiger partial charge in [0, 0.05) is 54.8 Å². The SMILES string of the molecule is O=C(C(=O)N1CCN(Cc2ccccc2)CC1)c1c[nH]c2cc(Cl)ccc12. The number of hydrogen-bond acceptors (Lipinski definition) is 3. The molecule has 1 N–H and O–H groups in total. The van der Waals surface area contributed by atoms with Crippen molar-refractivity contribution in [2.75, 3.05) is 26.2 Å². The van der Waals surface area contributed by atoms with Crippen molar-refractivity contribution in [3.8, 4) is 0 Å². The Morgan fingerprint density at radius 3 is 2.48 bits per heavy atom. The number of nitrogens with one attached hydrogen (secondary N) is 1. The Hall–Kier alpha value is -2.63. The largest absolute Gasteiger partial charge is 0.360 e. The minimum absolute atomic E-state index is 0.401. The van der Waals surface area contributed by atoms with Crippen molar-refractivity contribution in [2.24, 2.45) is 0 Å². The zero-order valence-electron chi connectivity index (χ0n) is 14.8. The summed E-state index contributed by atoms with van der Waals surface area (Å²) in [7, 11) is 0. The number of hydrogen-bond donors (Lipinski definition) is 1. The van der Waals surface area contributed by atoms with Crippen LogP contribution in [-0.4, -0.2) is 52.7 Å². The minimum atomic E-state index is -0.472. The summed E-state index contributed by atoms with van der Waals surface area (Å²) in [6.07, 6.45) is 1.59. The maximum absolute atomic E-state index is 12.7. The van der Waals surface area contributed by atoms with Crippen molar-refractivity contribution in [3.05, 3.63) is 70.9 Å². The molecule has 1 amide bonds. The second-order valence-electron chi connectivity index (χ2n) is 6.78. The van der Waals surface area contributed by atoms with Crippen LogP contribution in [0.5, 0.6) is 0 Å². The lowest BCUT2D eigenvalue weighted by molar-refractivity contribution is -0.128. The van der Waals surface area contributed by atoms with Crippen molar-refractivity contribution in [1.29, 1.82) is 0 Å². The molecule has 138 valence electrons. The molecular weight excluding hydrogens is 362 g/mol. The summed E-state index contributed by atoms with van der Waals surface area (Å²) < 4.78 is 0. The molecule has 27 heavy (non-hydrogen) atoms. The summed E-state index contributed by atoms with van der Waals surface area (Å²) in [5, 5.41) is 1.31. The molecule has 1 aromatic heterocycles. The van der Waals surface area contributed by atoms with Crippen LogP contribution in [0.1, 0.15) is 15.9 Å². The molecule has 0 radical (unpaired) electrons. The molecule has 0 aliphatic carbocycles. The first-order valence-corrected chi connectivity index (χ1v) is 9.36. The number of H-pyrrole nitrogens is 1. The number of carbonyl (C=O) groups is 2. The van der Waals surface area contributed by atoms with E-state index in [0.29, 0.717) is 23.7 Å². The van der Waals surface area contributed by atoms with E-state index in [2.05, 4.69) is 22.0 Å². The maximum Gasteiger partial charge on any atom is 0.295 e. The van der Waals surface area contributed by atoms with Gasteiger partial charge in [-0.2, -0.15) is 0 Å². The molecular formula is C21H20ClN3O2. The second kappa shape index (κ2) is 7.55. The third-order valence-electron chi connectivity index (χ3n) is 4.99. The van der Waals surface area contributed by atoms with Crippen molar-refractivity contribution in [1.82, 2.24) is 14.8 Å². The van der Waals surface area contributed by atoms with Gasteiger partial charge in [-0.25, -0.2) is 0 Å². The Morgan fingerprint density at radius 2 is 1.74 bits per heavy atom. The Bertz CT molecular complexity index is 976. The fourth-order valence-corrected chi connectivity index (χ4v) is 3.67. The number of benzene rings is 2. The average Bonchev–Trinajstić information content (AvgIpc) is 3.11. The minimum Gasteiger partial charge on any atom is -0.360 e. The number of Topliss-reactive ketones (excluding diaryl/α,β-unsaturated/α-hetero) is 1. The fourth-order valence-electron chi connectivity index (χ4n) is 3.50.